The summed E-state index contributed by atoms with van der Waals surface area (Å²) in [6.07, 6.45) is -10.8. The lowest BCUT2D eigenvalue weighted by molar-refractivity contribution is -0.375. The minimum atomic E-state index is -6.17. The number of hydrogen-bond donors (Lipinski definition) is 1. The van der Waals surface area contributed by atoms with E-state index in [2.05, 4.69) is 0 Å². The Morgan fingerprint density at radius 2 is 1.61 bits per heavy atom. The van der Waals surface area contributed by atoms with Crippen molar-refractivity contribution in [3.05, 3.63) is 46.2 Å². The molecule has 0 aliphatic heterocycles. The van der Waals surface area contributed by atoms with Gasteiger partial charge in [0.2, 0.25) is 0 Å². The van der Waals surface area contributed by atoms with E-state index in [0.29, 0.717) is 25.0 Å². The van der Waals surface area contributed by atoms with Crippen LogP contribution in [-0.4, -0.2) is 36.2 Å². The summed E-state index contributed by atoms with van der Waals surface area (Å²) < 4.78 is 94.3. The summed E-state index contributed by atoms with van der Waals surface area (Å²) in [5.41, 5.74) is -7.48. The van der Waals surface area contributed by atoms with Gasteiger partial charge in [0.15, 0.2) is 0 Å². The van der Waals surface area contributed by atoms with E-state index >= 15 is 4.39 Å². The SMILES string of the molecule is CCCCn1c(=O)c2cc(OC)ccc2c2cc(C(F)(C(O)(F)F)C(F)(F)F)cc(OC)c21. The average molecular weight is 477 g/mol. The number of halogens is 6. The minimum absolute atomic E-state index is 0.0168. The number of benzene rings is 2. The van der Waals surface area contributed by atoms with Gasteiger partial charge in [0.25, 0.3) is 5.56 Å². The number of alkyl halides is 6. The monoisotopic (exact) mass is 477 g/mol. The maximum Gasteiger partial charge on any atom is 0.435 e. The quantitative estimate of drug-likeness (QED) is 0.372. The predicted octanol–water partition coefficient (Wildman–Crippen LogP) is 5.28. The average Bonchev–Trinajstić information content (AvgIpc) is 2.75. The second kappa shape index (κ2) is 8.44. The first kappa shape index (κ1) is 24.7. The van der Waals surface area contributed by atoms with Crippen molar-refractivity contribution in [2.75, 3.05) is 14.2 Å². The van der Waals surface area contributed by atoms with Gasteiger partial charge in [0.1, 0.15) is 11.5 Å². The summed E-state index contributed by atoms with van der Waals surface area (Å²) in [7, 11) is 2.40. The van der Waals surface area contributed by atoms with E-state index in [9.17, 15) is 26.7 Å². The molecular formula is C22H21F6NO4. The summed E-state index contributed by atoms with van der Waals surface area (Å²) >= 11 is 0. The number of unbranched alkanes of at least 4 members (excludes halogenated alkanes) is 1. The molecule has 0 radical (unpaired) electrons. The summed E-state index contributed by atoms with van der Waals surface area (Å²) in [6.45, 7) is 2.00. The molecule has 1 heterocycles. The van der Waals surface area contributed by atoms with Crippen LogP contribution in [0.3, 0.4) is 0 Å². The number of rotatable bonds is 7. The molecule has 0 bridgehead atoms. The van der Waals surface area contributed by atoms with Crippen molar-refractivity contribution >= 4 is 21.7 Å². The number of aryl methyl sites for hydroxylation is 1. The predicted molar refractivity (Wildman–Crippen MR) is 110 cm³/mol. The van der Waals surface area contributed by atoms with E-state index in [4.69, 9.17) is 14.6 Å². The normalized spacial score (nSPS) is 14.5. The van der Waals surface area contributed by atoms with Crippen molar-refractivity contribution in [3.63, 3.8) is 0 Å². The molecular weight excluding hydrogens is 456 g/mol. The molecule has 0 aliphatic rings. The summed E-state index contributed by atoms with van der Waals surface area (Å²) in [5, 5.41) is 8.90. The Morgan fingerprint density at radius 3 is 2.12 bits per heavy atom. The highest BCUT2D eigenvalue weighted by Crippen LogP contribution is 2.53. The number of methoxy groups -OCH3 is 2. The van der Waals surface area contributed by atoms with E-state index in [1.165, 1.54) is 29.9 Å². The number of hydrogen-bond acceptors (Lipinski definition) is 4. The lowest BCUT2D eigenvalue weighted by Gasteiger charge is -2.32. The Kier molecular flexibility index (Phi) is 6.31. The van der Waals surface area contributed by atoms with Crippen molar-refractivity contribution in [1.29, 1.82) is 0 Å². The van der Waals surface area contributed by atoms with Crippen LogP contribution in [0.4, 0.5) is 26.3 Å². The van der Waals surface area contributed by atoms with Crippen molar-refractivity contribution in [2.45, 2.75) is 44.3 Å². The number of nitrogens with zero attached hydrogens (tertiary/aromatic N) is 1. The van der Waals surface area contributed by atoms with Crippen LogP contribution >= 0.6 is 0 Å². The Balaban J connectivity index is 2.56. The lowest BCUT2D eigenvalue weighted by Crippen LogP contribution is -2.52. The van der Waals surface area contributed by atoms with Gasteiger partial charge < -0.3 is 19.1 Å². The molecule has 3 aromatic rings. The van der Waals surface area contributed by atoms with E-state index in [1.807, 2.05) is 6.92 Å². The van der Waals surface area contributed by atoms with E-state index in [0.717, 1.165) is 7.11 Å². The Morgan fingerprint density at radius 1 is 0.939 bits per heavy atom. The van der Waals surface area contributed by atoms with Gasteiger partial charge in [-0.05, 0) is 42.1 Å². The van der Waals surface area contributed by atoms with Gasteiger partial charge in [-0.1, -0.05) is 13.3 Å². The number of aromatic nitrogens is 1. The van der Waals surface area contributed by atoms with Gasteiger partial charge in [-0.15, -0.1) is 0 Å². The number of pyridine rings is 1. The first-order valence-electron chi connectivity index (χ1n) is 9.90. The summed E-state index contributed by atoms with van der Waals surface area (Å²) in [4.78, 5) is 13.2. The molecule has 0 fully saturated rings. The van der Waals surface area contributed by atoms with Crippen LogP contribution in [0.2, 0.25) is 0 Å². The third-order valence-electron chi connectivity index (χ3n) is 5.50. The van der Waals surface area contributed by atoms with Gasteiger partial charge >= 0.3 is 18.0 Å². The van der Waals surface area contributed by atoms with E-state index in [1.54, 1.807) is 0 Å². The first-order chi connectivity index (χ1) is 15.3. The first-order valence-corrected chi connectivity index (χ1v) is 9.90. The largest absolute Gasteiger partial charge is 0.497 e. The Labute approximate surface area is 184 Å². The van der Waals surface area contributed by atoms with Gasteiger partial charge in [-0.3, -0.25) is 4.79 Å². The van der Waals surface area contributed by atoms with Crippen molar-refractivity contribution < 1.29 is 40.9 Å². The summed E-state index contributed by atoms with van der Waals surface area (Å²) in [6, 6.07) is 5.12. The van der Waals surface area contributed by atoms with Gasteiger partial charge in [-0.2, -0.15) is 22.0 Å². The third-order valence-corrected chi connectivity index (χ3v) is 5.50. The molecule has 11 heteroatoms. The molecule has 0 aliphatic carbocycles. The van der Waals surface area contributed by atoms with Crippen LogP contribution in [0.5, 0.6) is 11.5 Å². The smallest absolute Gasteiger partial charge is 0.435 e. The zero-order chi connectivity index (χ0) is 24.8. The fourth-order valence-electron chi connectivity index (χ4n) is 3.79. The van der Waals surface area contributed by atoms with Gasteiger partial charge in [0.05, 0.1) is 25.1 Å². The maximum absolute atomic E-state index is 15.0. The van der Waals surface area contributed by atoms with E-state index in [-0.39, 0.29) is 34.0 Å². The highest BCUT2D eigenvalue weighted by atomic mass is 19.4. The number of aliphatic hydroxyl groups is 1. The Bertz CT molecular complexity index is 1230. The van der Waals surface area contributed by atoms with Crippen LogP contribution < -0.4 is 15.0 Å². The third kappa shape index (κ3) is 3.88. The Hall–Kier alpha value is -2.95. The molecule has 1 atom stereocenters. The fraction of sp³-hybridized carbons (Fsp3) is 0.409. The van der Waals surface area contributed by atoms with Crippen molar-refractivity contribution in [1.82, 2.24) is 4.57 Å². The molecule has 0 amide bonds. The minimum Gasteiger partial charge on any atom is -0.497 e. The highest BCUT2D eigenvalue weighted by Gasteiger charge is 2.72. The molecule has 0 spiro atoms. The standard InChI is InChI=1S/C22H21F6NO4/c1-4-5-8-29-18-15(14-7-6-13(32-2)11-16(14)19(29)30)9-12(10-17(18)33-3)20(23,21(24,25)26)22(27,28)31/h6-7,9-11,31H,4-5,8H2,1-3H3. The fourth-order valence-corrected chi connectivity index (χ4v) is 3.79. The van der Waals surface area contributed by atoms with Crippen LogP contribution in [0, 0.1) is 0 Å². The highest BCUT2D eigenvalue weighted by molar-refractivity contribution is 6.08. The molecule has 2 aromatic carbocycles. The molecule has 0 saturated heterocycles. The van der Waals surface area contributed by atoms with Gasteiger partial charge in [0, 0.05) is 17.5 Å². The van der Waals surface area contributed by atoms with Crippen molar-refractivity contribution in [3.8, 4) is 11.5 Å². The second-order valence-corrected chi connectivity index (χ2v) is 7.49. The molecule has 1 N–H and O–H groups in total. The van der Waals surface area contributed by atoms with Gasteiger partial charge in [-0.25, -0.2) is 4.39 Å². The van der Waals surface area contributed by atoms with E-state index < -0.39 is 34.8 Å². The maximum atomic E-state index is 15.0. The zero-order valence-electron chi connectivity index (χ0n) is 17.9. The molecule has 3 rings (SSSR count). The van der Waals surface area contributed by atoms with Crippen LogP contribution in [0.15, 0.2) is 35.1 Å². The summed E-state index contributed by atoms with van der Waals surface area (Å²) in [5.74, 6) is -0.148. The number of ether oxygens (including phenoxy) is 2. The molecule has 5 nitrogen and oxygen atoms in total. The molecule has 180 valence electrons. The molecule has 1 unspecified atom stereocenters. The lowest BCUT2D eigenvalue weighted by atomic mass is 9.90. The molecule has 33 heavy (non-hydrogen) atoms. The van der Waals surface area contributed by atoms with Crippen LogP contribution in [0.1, 0.15) is 25.3 Å². The second-order valence-electron chi connectivity index (χ2n) is 7.49. The number of fused-ring (bicyclic) bond motifs is 3. The van der Waals surface area contributed by atoms with Crippen molar-refractivity contribution in [2.24, 2.45) is 0 Å². The molecule has 1 aromatic heterocycles. The van der Waals surface area contributed by atoms with Crippen LogP contribution in [0.25, 0.3) is 21.7 Å². The van der Waals surface area contributed by atoms with Crippen LogP contribution in [-0.2, 0) is 12.2 Å². The topological polar surface area (TPSA) is 60.7 Å². The molecule has 0 saturated carbocycles. The zero-order valence-corrected chi connectivity index (χ0v) is 17.9.